The molecule has 0 saturated carbocycles. The van der Waals surface area contributed by atoms with Crippen LogP contribution in [0.25, 0.3) is 22.3 Å². The fourth-order valence-corrected chi connectivity index (χ4v) is 2.87. The molecule has 2 N–H and O–H groups in total. The normalized spacial score (nSPS) is 12.0. The van der Waals surface area contributed by atoms with Crippen molar-refractivity contribution in [1.82, 2.24) is 5.32 Å². The van der Waals surface area contributed by atoms with Crippen LogP contribution >= 0.6 is 24.0 Å². The van der Waals surface area contributed by atoms with Crippen molar-refractivity contribution in [3.8, 4) is 17.1 Å². The van der Waals surface area contributed by atoms with Gasteiger partial charge < -0.3 is 19.6 Å². The second-order valence-corrected chi connectivity index (χ2v) is 7.05. The van der Waals surface area contributed by atoms with Crippen LogP contribution in [-0.2, 0) is 0 Å². The van der Waals surface area contributed by atoms with Crippen molar-refractivity contribution in [2.75, 3.05) is 13.2 Å². The van der Waals surface area contributed by atoms with E-state index in [1.807, 2.05) is 26.0 Å². The summed E-state index contributed by atoms with van der Waals surface area (Å²) in [6.07, 6.45) is -0.635. The molecule has 1 atom stereocenters. The van der Waals surface area contributed by atoms with E-state index >= 15 is 0 Å². The van der Waals surface area contributed by atoms with Crippen LogP contribution in [0.3, 0.4) is 0 Å². The molecule has 150 valence electrons. The molecule has 0 saturated heterocycles. The van der Waals surface area contributed by atoms with Gasteiger partial charge in [-0.15, -0.1) is 12.4 Å². The van der Waals surface area contributed by atoms with Gasteiger partial charge in [-0.3, -0.25) is 4.79 Å². The Labute approximate surface area is 174 Å². The van der Waals surface area contributed by atoms with Crippen LogP contribution in [0.5, 0.6) is 5.75 Å². The van der Waals surface area contributed by atoms with E-state index in [1.165, 1.54) is 6.07 Å². The zero-order valence-corrected chi connectivity index (χ0v) is 17.2. The summed E-state index contributed by atoms with van der Waals surface area (Å²) >= 11 is 6.21. The predicted octanol–water partition coefficient (Wildman–Crippen LogP) is 4.27. The summed E-state index contributed by atoms with van der Waals surface area (Å²) in [5.41, 5.74) is 0.906. The van der Waals surface area contributed by atoms with Gasteiger partial charge in [-0.25, -0.2) is 0 Å². The molecule has 2 aromatic carbocycles. The summed E-state index contributed by atoms with van der Waals surface area (Å²) in [4.78, 5) is 12.4. The van der Waals surface area contributed by atoms with Gasteiger partial charge in [-0.05, 0) is 24.3 Å². The van der Waals surface area contributed by atoms with E-state index in [0.29, 0.717) is 39.6 Å². The van der Waals surface area contributed by atoms with Crippen molar-refractivity contribution in [1.29, 1.82) is 0 Å². The summed E-state index contributed by atoms with van der Waals surface area (Å²) < 4.78 is 11.5. The van der Waals surface area contributed by atoms with Crippen molar-refractivity contribution < 1.29 is 14.3 Å². The summed E-state index contributed by atoms with van der Waals surface area (Å²) in [6, 6.07) is 13.9. The maximum absolute atomic E-state index is 12.4. The fraction of sp³-hybridized carbons (Fsp3) is 0.286. The smallest absolute Gasteiger partial charge is 0.193 e. The zero-order chi connectivity index (χ0) is 19.4. The Balaban J connectivity index is 0.00000280. The van der Waals surface area contributed by atoms with E-state index in [4.69, 9.17) is 20.8 Å². The molecule has 0 aliphatic carbocycles. The van der Waals surface area contributed by atoms with Gasteiger partial charge >= 0.3 is 0 Å². The average Bonchev–Trinajstić information content (AvgIpc) is 2.64. The number of fused-ring (bicyclic) bond motifs is 1. The third-order valence-corrected chi connectivity index (χ3v) is 4.37. The minimum atomic E-state index is -0.635. The third kappa shape index (κ3) is 5.49. The maximum Gasteiger partial charge on any atom is 0.193 e. The van der Waals surface area contributed by atoms with Gasteiger partial charge in [0.05, 0.1) is 10.4 Å². The molecule has 0 spiro atoms. The molecule has 28 heavy (non-hydrogen) atoms. The predicted molar refractivity (Wildman–Crippen MR) is 115 cm³/mol. The van der Waals surface area contributed by atoms with Crippen LogP contribution < -0.4 is 15.5 Å². The van der Waals surface area contributed by atoms with Crippen molar-refractivity contribution in [3.05, 3.63) is 63.8 Å². The summed E-state index contributed by atoms with van der Waals surface area (Å²) in [5.74, 6) is 0.918. The molecule has 1 heterocycles. The zero-order valence-electron chi connectivity index (χ0n) is 15.6. The minimum absolute atomic E-state index is 0. The van der Waals surface area contributed by atoms with Crippen LogP contribution in [0.2, 0.25) is 5.02 Å². The van der Waals surface area contributed by atoms with Crippen molar-refractivity contribution >= 4 is 35.0 Å². The first-order valence-electron chi connectivity index (χ1n) is 8.81. The largest absolute Gasteiger partial charge is 0.491 e. The Kier molecular flexibility index (Phi) is 7.89. The highest BCUT2D eigenvalue weighted by Gasteiger charge is 2.11. The van der Waals surface area contributed by atoms with E-state index in [1.54, 1.807) is 30.3 Å². The minimum Gasteiger partial charge on any atom is -0.491 e. The Morgan fingerprint density at radius 1 is 1.18 bits per heavy atom. The molecule has 0 radical (unpaired) electrons. The number of rotatable bonds is 7. The third-order valence-electron chi connectivity index (χ3n) is 4.04. The lowest BCUT2D eigenvalue weighted by Crippen LogP contribution is -2.35. The van der Waals surface area contributed by atoms with Crippen LogP contribution in [0.15, 0.2) is 57.7 Å². The van der Waals surface area contributed by atoms with Crippen molar-refractivity contribution in [2.24, 2.45) is 0 Å². The highest BCUT2D eigenvalue weighted by atomic mass is 35.5. The number of aliphatic hydroxyl groups excluding tert-OH is 1. The van der Waals surface area contributed by atoms with E-state index in [2.05, 4.69) is 5.32 Å². The quantitative estimate of drug-likeness (QED) is 0.593. The summed E-state index contributed by atoms with van der Waals surface area (Å²) in [5, 5.41) is 14.1. The molecule has 0 fully saturated rings. The SMILES string of the molecule is CC(C)NCC(O)COc1ccc2c(=O)cc(-c3ccccc3Cl)oc2c1.Cl. The van der Waals surface area contributed by atoms with Gasteiger partial charge in [0.15, 0.2) is 5.43 Å². The Bertz CT molecular complexity index is 988. The molecule has 0 bridgehead atoms. The number of hydrogen-bond donors (Lipinski definition) is 2. The van der Waals surface area contributed by atoms with E-state index in [9.17, 15) is 9.90 Å². The molecule has 1 aromatic heterocycles. The van der Waals surface area contributed by atoms with Crippen molar-refractivity contribution in [2.45, 2.75) is 26.0 Å². The number of halogens is 2. The summed E-state index contributed by atoms with van der Waals surface area (Å²) in [7, 11) is 0. The number of benzene rings is 2. The van der Waals surface area contributed by atoms with Gasteiger partial charge in [-0.2, -0.15) is 0 Å². The lowest BCUT2D eigenvalue weighted by Gasteiger charge is -2.15. The van der Waals surface area contributed by atoms with Crippen molar-refractivity contribution in [3.63, 3.8) is 0 Å². The number of nitrogens with one attached hydrogen (secondary N) is 1. The number of hydrogen-bond acceptors (Lipinski definition) is 5. The van der Waals surface area contributed by atoms with Gasteiger partial charge in [0.1, 0.15) is 29.8 Å². The Morgan fingerprint density at radius 2 is 1.93 bits per heavy atom. The Hall–Kier alpha value is -2.05. The first-order valence-corrected chi connectivity index (χ1v) is 9.19. The van der Waals surface area contributed by atoms with Crippen LogP contribution in [0.4, 0.5) is 0 Å². The lowest BCUT2D eigenvalue weighted by molar-refractivity contribution is 0.104. The van der Waals surface area contributed by atoms with Crippen LogP contribution in [0, 0.1) is 0 Å². The second-order valence-electron chi connectivity index (χ2n) is 6.64. The first-order chi connectivity index (χ1) is 12.9. The standard InChI is InChI=1S/C21H22ClNO4.ClH/c1-13(2)23-11-14(24)12-26-15-7-8-17-19(25)10-21(27-20(17)9-15)16-5-3-4-6-18(16)22;/h3-10,13-14,23-24H,11-12H2,1-2H3;1H. The van der Waals surface area contributed by atoms with E-state index in [0.717, 1.165) is 0 Å². The molecular formula is C21H23Cl2NO4. The molecule has 3 aromatic rings. The van der Waals surface area contributed by atoms with E-state index < -0.39 is 6.10 Å². The molecule has 1 unspecified atom stereocenters. The van der Waals surface area contributed by atoms with Crippen LogP contribution in [0.1, 0.15) is 13.8 Å². The highest BCUT2D eigenvalue weighted by Crippen LogP contribution is 2.29. The maximum atomic E-state index is 12.4. The molecule has 0 amide bonds. The highest BCUT2D eigenvalue weighted by molar-refractivity contribution is 6.33. The van der Waals surface area contributed by atoms with Gasteiger partial charge in [0, 0.05) is 30.3 Å². The lowest BCUT2D eigenvalue weighted by atomic mass is 10.1. The first kappa shape index (κ1) is 22.2. The van der Waals surface area contributed by atoms with Crippen LogP contribution in [-0.4, -0.2) is 30.4 Å². The number of aliphatic hydroxyl groups is 1. The molecule has 7 heteroatoms. The van der Waals surface area contributed by atoms with E-state index in [-0.39, 0.29) is 30.5 Å². The topological polar surface area (TPSA) is 71.7 Å². The number of ether oxygens (including phenoxy) is 1. The van der Waals surface area contributed by atoms with Gasteiger partial charge in [-0.1, -0.05) is 37.6 Å². The molecular weight excluding hydrogens is 401 g/mol. The monoisotopic (exact) mass is 423 g/mol. The van der Waals surface area contributed by atoms with Gasteiger partial charge in [0.2, 0.25) is 0 Å². The van der Waals surface area contributed by atoms with Gasteiger partial charge in [0.25, 0.3) is 0 Å². The molecule has 3 rings (SSSR count). The Morgan fingerprint density at radius 3 is 2.64 bits per heavy atom. The fourth-order valence-electron chi connectivity index (χ4n) is 2.64. The molecule has 0 aliphatic heterocycles. The summed E-state index contributed by atoms with van der Waals surface area (Å²) in [6.45, 7) is 4.60. The average molecular weight is 424 g/mol. The molecule has 5 nitrogen and oxygen atoms in total. The second kappa shape index (κ2) is 9.94. The molecule has 0 aliphatic rings.